The van der Waals surface area contributed by atoms with Crippen molar-refractivity contribution in [1.82, 2.24) is 15.8 Å². The number of hydrogen-bond acceptors (Lipinski definition) is 2. The number of thiocarbonyl (C=S) groups is 1. The maximum Gasteiger partial charge on any atom is 0.286 e. The molecule has 0 radical (unpaired) electrons. The molecular weight excluding hydrogens is 279 g/mol. The van der Waals surface area contributed by atoms with E-state index in [1.54, 1.807) is 37.4 Å². The molecule has 0 bridgehead atoms. The van der Waals surface area contributed by atoms with Gasteiger partial charge in [-0.25, -0.2) is 4.39 Å². The summed E-state index contributed by atoms with van der Waals surface area (Å²) in [5.41, 5.74) is 6.40. The second kappa shape index (κ2) is 6.16. The molecule has 104 valence electrons. The number of aromatic amines is 1. The van der Waals surface area contributed by atoms with E-state index in [2.05, 4.69) is 21.2 Å². The first-order valence-electron chi connectivity index (χ1n) is 5.83. The maximum absolute atomic E-state index is 13.4. The second-order valence-corrected chi connectivity index (χ2v) is 4.49. The number of rotatable bonds is 2. The fraction of sp³-hybridized carbons (Fsp3) is 0.0769. The predicted molar refractivity (Wildman–Crippen MR) is 78.8 cm³/mol. The number of hydrogen-bond donors (Lipinski definition) is 4. The van der Waals surface area contributed by atoms with E-state index in [0.717, 1.165) is 0 Å². The molecule has 0 aliphatic carbocycles. The molecule has 20 heavy (non-hydrogen) atoms. The van der Waals surface area contributed by atoms with Gasteiger partial charge in [-0.3, -0.25) is 15.6 Å². The summed E-state index contributed by atoms with van der Waals surface area (Å²) >= 11 is 4.99. The lowest BCUT2D eigenvalue weighted by Crippen LogP contribution is -2.43. The van der Waals surface area contributed by atoms with Gasteiger partial charge in [-0.1, -0.05) is 6.07 Å². The molecule has 1 aromatic carbocycles. The summed E-state index contributed by atoms with van der Waals surface area (Å²) in [5.74, 6) is -0.678. The number of aryl methyl sites for hydroxylation is 1. The number of anilines is 1. The van der Waals surface area contributed by atoms with E-state index >= 15 is 0 Å². The topological polar surface area (TPSA) is 68.9 Å². The number of aromatic nitrogens is 1. The molecule has 0 atom stereocenters. The zero-order valence-electron chi connectivity index (χ0n) is 10.7. The first-order chi connectivity index (χ1) is 9.56. The molecule has 0 spiro atoms. The van der Waals surface area contributed by atoms with Gasteiger partial charge < -0.3 is 10.3 Å². The van der Waals surface area contributed by atoms with Crippen molar-refractivity contribution < 1.29 is 9.18 Å². The van der Waals surface area contributed by atoms with Gasteiger partial charge >= 0.3 is 0 Å². The van der Waals surface area contributed by atoms with Gasteiger partial charge in [0.15, 0.2) is 5.11 Å². The molecule has 2 rings (SSSR count). The molecule has 1 aromatic heterocycles. The summed E-state index contributed by atoms with van der Waals surface area (Å²) in [6.45, 7) is 1.67. The van der Waals surface area contributed by atoms with Crippen LogP contribution < -0.4 is 16.2 Å². The van der Waals surface area contributed by atoms with Crippen LogP contribution in [0, 0.1) is 12.7 Å². The van der Waals surface area contributed by atoms with E-state index in [1.807, 2.05) is 0 Å². The number of H-pyrrole nitrogens is 1. The zero-order chi connectivity index (χ0) is 14.5. The molecule has 1 heterocycles. The van der Waals surface area contributed by atoms with Gasteiger partial charge in [0.1, 0.15) is 11.5 Å². The van der Waals surface area contributed by atoms with Crippen LogP contribution in [-0.2, 0) is 0 Å². The van der Waals surface area contributed by atoms with Crippen LogP contribution in [-0.4, -0.2) is 16.0 Å². The molecular formula is C13H13FN4OS. The molecule has 5 nitrogen and oxygen atoms in total. The summed E-state index contributed by atoms with van der Waals surface area (Å²) < 4.78 is 13.4. The SMILES string of the molecule is Cc1ccc(NC(=S)NNC(=O)c2ccc[nH]2)cc1F. The van der Waals surface area contributed by atoms with E-state index in [4.69, 9.17) is 12.2 Å². The van der Waals surface area contributed by atoms with Crippen LogP contribution in [0.5, 0.6) is 0 Å². The number of hydrazine groups is 1. The Morgan fingerprint density at radius 2 is 2.10 bits per heavy atom. The van der Waals surface area contributed by atoms with E-state index < -0.39 is 0 Å². The Balaban J connectivity index is 1.86. The number of nitrogens with one attached hydrogen (secondary N) is 4. The lowest BCUT2D eigenvalue weighted by Gasteiger charge is -2.11. The summed E-state index contributed by atoms with van der Waals surface area (Å²) in [7, 11) is 0. The largest absolute Gasteiger partial charge is 0.357 e. The third kappa shape index (κ3) is 3.55. The van der Waals surface area contributed by atoms with Crippen LogP contribution in [0.25, 0.3) is 0 Å². The Morgan fingerprint density at radius 1 is 1.30 bits per heavy atom. The molecule has 2 aromatic rings. The van der Waals surface area contributed by atoms with Gasteiger partial charge in [0.05, 0.1) is 0 Å². The van der Waals surface area contributed by atoms with Gasteiger partial charge in [-0.15, -0.1) is 0 Å². The Bertz CT molecular complexity index is 627. The quantitative estimate of drug-likeness (QED) is 0.505. The minimum Gasteiger partial charge on any atom is -0.357 e. The molecule has 0 saturated carbocycles. The fourth-order valence-electron chi connectivity index (χ4n) is 1.49. The van der Waals surface area contributed by atoms with Crippen molar-refractivity contribution in [1.29, 1.82) is 0 Å². The van der Waals surface area contributed by atoms with Gasteiger partial charge in [-0.05, 0) is 49.0 Å². The van der Waals surface area contributed by atoms with E-state index in [-0.39, 0.29) is 16.8 Å². The van der Waals surface area contributed by atoms with Crippen molar-refractivity contribution in [2.45, 2.75) is 6.92 Å². The monoisotopic (exact) mass is 292 g/mol. The Hall–Kier alpha value is -2.41. The van der Waals surface area contributed by atoms with Crippen molar-refractivity contribution in [3.05, 3.63) is 53.6 Å². The normalized spacial score (nSPS) is 9.90. The Morgan fingerprint density at radius 3 is 2.75 bits per heavy atom. The summed E-state index contributed by atoms with van der Waals surface area (Å²) in [6.07, 6.45) is 1.64. The van der Waals surface area contributed by atoms with E-state index in [9.17, 15) is 9.18 Å². The number of benzene rings is 1. The van der Waals surface area contributed by atoms with Crippen molar-refractivity contribution in [2.75, 3.05) is 5.32 Å². The average molecular weight is 292 g/mol. The highest BCUT2D eigenvalue weighted by Gasteiger charge is 2.06. The smallest absolute Gasteiger partial charge is 0.286 e. The van der Waals surface area contributed by atoms with Crippen molar-refractivity contribution in [3.63, 3.8) is 0 Å². The third-order valence-corrected chi connectivity index (χ3v) is 2.77. The number of halogens is 1. The molecule has 0 aliphatic rings. The number of amides is 1. The Kier molecular flexibility index (Phi) is 4.31. The predicted octanol–water partition coefficient (Wildman–Crippen LogP) is 2.09. The van der Waals surface area contributed by atoms with Crippen molar-refractivity contribution >= 4 is 28.9 Å². The highest BCUT2D eigenvalue weighted by atomic mass is 32.1. The molecule has 4 N–H and O–H groups in total. The van der Waals surface area contributed by atoms with Crippen LogP contribution in [0.15, 0.2) is 36.5 Å². The first kappa shape index (κ1) is 14.0. The second-order valence-electron chi connectivity index (χ2n) is 4.08. The highest BCUT2D eigenvalue weighted by Crippen LogP contribution is 2.13. The Labute approximate surface area is 120 Å². The molecule has 1 amide bonds. The van der Waals surface area contributed by atoms with Crippen LogP contribution in [0.2, 0.25) is 0 Å². The summed E-state index contributed by atoms with van der Waals surface area (Å²) in [4.78, 5) is 14.4. The molecule has 0 aliphatic heterocycles. The fourth-order valence-corrected chi connectivity index (χ4v) is 1.65. The lowest BCUT2D eigenvalue weighted by atomic mass is 10.2. The summed E-state index contributed by atoms with van der Waals surface area (Å²) in [5, 5.41) is 2.93. The molecule has 7 heteroatoms. The molecule has 0 saturated heterocycles. The zero-order valence-corrected chi connectivity index (χ0v) is 11.5. The molecule has 0 unspecified atom stereocenters. The van der Waals surface area contributed by atoms with Crippen molar-refractivity contribution in [3.8, 4) is 0 Å². The van der Waals surface area contributed by atoms with Crippen LogP contribution >= 0.6 is 12.2 Å². The minimum absolute atomic E-state index is 0.160. The average Bonchev–Trinajstić information content (AvgIpc) is 2.94. The lowest BCUT2D eigenvalue weighted by molar-refractivity contribution is 0.0940. The van der Waals surface area contributed by atoms with Crippen molar-refractivity contribution in [2.24, 2.45) is 0 Å². The van der Waals surface area contributed by atoms with Crippen LogP contribution in [0.1, 0.15) is 16.1 Å². The van der Waals surface area contributed by atoms with Gasteiger partial charge in [-0.2, -0.15) is 0 Å². The summed E-state index contributed by atoms with van der Waals surface area (Å²) in [6, 6.07) is 8.00. The highest BCUT2D eigenvalue weighted by molar-refractivity contribution is 7.80. The molecule has 0 fully saturated rings. The van der Waals surface area contributed by atoms with Gasteiger partial charge in [0.2, 0.25) is 0 Å². The minimum atomic E-state index is -0.353. The first-order valence-corrected chi connectivity index (χ1v) is 6.24. The number of carbonyl (C=O) groups excluding carboxylic acids is 1. The standard InChI is InChI=1S/C13H13FN4OS/c1-8-4-5-9(7-10(8)14)16-13(20)18-17-12(19)11-3-2-6-15-11/h2-7,15H,1H3,(H,17,19)(H2,16,18,20). The van der Waals surface area contributed by atoms with E-state index in [0.29, 0.717) is 16.9 Å². The van der Waals surface area contributed by atoms with Crippen LogP contribution in [0.4, 0.5) is 10.1 Å². The number of carbonyl (C=O) groups is 1. The van der Waals surface area contributed by atoms with Gasteiger partial charge in [0.25, 0.3) is 5.91 Å². The van der Waals surface area contributed by atoms with Gasteiger partial charge in [0, 0.05) is 11.9 Å². The maximum atomic E-state index is 13.4. The third-order valence-electron chi connectivity index (χ3n) is 2.56. The van der Waals surface area contributed by atoms with Crippen LogP contribution in [0.3, 0.4) is 0 Å². The van der Waals surface area contributed by atoms with E-state index in [1.165, 1.54) is 6.07 Å².